The fraction of sp³-hybridized carbons (Fsp3) is 0.333. The lowest BCUT2D eigenvalue weighted by molar-refractivity contribution is 0.576. The Morgan fingerprint density at radius 2 is 2.12 bits per heavy atom. The normalized spacial score (nSPS) is 13.6. The van der Waals surface area contributed by atoms with Crippen molar-refractivity contribution in [2.45, 2.75) is 24.5 Å². The van der Waals surface area contributed by atoms with Crippen LogP contribution >= 0.6 is 12.6 Å². The van der Waals surface area contributed by atoms with Crippen molar-refractivity contribution < 1.29 is 4.39 Å². The molecule has 4 heteroatoms. The van der Waals surface area contributed by atoms with Crippen molar-refractivity contribution in [2.75, 3.05) is 0 Å². The molecule has 0 radical (unpaired) electrons. The molecule has 0 amide bonds. The predicted molar refractivity (Wildman–Crippen MR) is 62.5 cm³/mol. The maximum atomic E-state index is 13.6. The van der Waals surface area contributed by atoms with Crippen molar-refractivity contribution in [3.05, 3.63) is 35.1 Å². The molecule has 0 aliphatic rings. The van der Waals surface area contributed by atoms with Crippen LogP contribution in [0.3, 0.4) is 0 Å². The highest BCUT2D eigenvalue weighted by Crippen LogP contribution is 2.29. The zero-order valence-electron chi connectivity index (χ0n) is 8.81. The molecule has 0 heterocycles. The van der Waals surface area contributed by atoms with Gasteiger partial charge in [0.05, 0.1) is 17.7 Å². The standard InChI is InChI=1S/C12H11FN2S/c1-8(16)10(4-5-14)11-6-9(7-15)2-3-12(11)13/h2-3,6,8,10,16H,4H2,1H3. The third-order valence-corrected chi connectivity index (χ3v) is 2.78. The fourth-order valence-corrected chi connectivity index (χ4v) is 1.80. The van der Waals surface area contributed by atoms with E-state index in [2.05, 4.69) is 12.6 Å². The van der Waals surface area contributed by atoms with E-state index in [0.29, 0.717) is 11.1 Å². The van der Waals surface area contributed by atoms with Crippen molar-refractivity contribution >= 4 is 12.6 Å². The molecule has 0 aliphatic carbocycles. The third kappa shape index (κ3) is 2.74. The Labute approximate surface area is 99.7 Å². The van der Waals surface area contributed by atoms with Crippen LogP contribution in [0.25, 0.3) is 0 Å². The molecule has 2 unspecified atom stereocenters. The van der Waals surface area contributed by atoms with Crippen LogP contribution in [0.15, 0.2) is 18.2 Å². The second kappa shape index (κ2) is 5.53. The molecule has 0 spiro atoms. The van der Waals surface area contributed by atoms with E-state index >= 15 is 0 Å². The van der Waals surface area contributed by atoms with Crippen LogP contribution in [-0.4, -0.2) is 5.25 Å². The maximum absolute atomic E-state index is 13.6. The first-order valence-electron chi connectivity index (χ1n) is 4.84. The number of rotatable bonds is 3. The van der Waals surface area contributed by atoms with Crippen LogP contribution in [0, 0.1) is 28.5 Å². The van der Waals surface area contributed by atoms with Crippen molar-refractivity contribution in [3.8, 4) is 12.1 Å². The van der Waals surface area contributed by atoms with Crippen LogP contribution in [0.4, 0.5) is 4.39 Å². The van der Waals surface area contributed by atoms with E-state index < -0.39 is 0 Å². The Kier molecular flexibility index (Phi) is 4.34. The van der Waals surface area contributed by atoms with E-state index in [1.54, 1.807) is 0 Å². The SMILES string of the molecule is CC(S)C(CC#N)c1cc(C#N)ccc1F. The van der Waals surface area contributed by atoms with Gasteiger partial charge < -0.3 is 0 Å². The summed E-state index contributed by atoms with van der Waals surface area (Å²) in [5.41, 5.74) is 0.788. The molecule has 0 aliphatic heterocycles. The van der Waals surface area contributed by atoms with Crippen LogP contribution in [-0.2, 0) is 0 Å². The summed E-state index contributed by atoms with van der Waals surface area (Å²) in [6.45, 7) is 1.81. The Bertz CT molecular complexity index is 457. The lowest BCUT2D eigenvalue weighted by Gasteiger charge is -2.18. The average molecular weight is 234 g/mol. The topological polar surface area (TPSA) is 47.6 Å². The highest BCUT2D eigenvalue weighted by molar-refractivity contribution is 7.81. The number of hydrogen-bond donors (Lipinski definition) is 1. The van der Waals surface area contributed by atoms with Gasteiger partial charge in [0.15, 0.2) is 0 Å². The van der Waals surface area contributed by atoms with Crippen LogP contribution < -0.4 is 0 Å². The predicted octanol–water partition coefficient (Wildman–Crippen LogP) is 3.01. The highest BCUT2D eigenvalue weighted by atomic mass is 32.1. The summed E-state index contributed by atoms with van der Waals surface area (Å²) >= 11 is 4.25. The van der Waals surface area contributed by atoms with Crippen molar-refractivity contribution in [3.63, 3.8) is 0 Å². The summed E-state index contributed by atoms with van der Waals surface area (Å²) in [5, 5.41) is 17.3. The van der Waals surface area contributed by atoms with Gasteiger partial charge in [0, 0.05) is 17.6 Å². The molecule has 1 rings (SSSR count). The molecule has 1 aromatic rings. The summed E-state index contributed by atoms with van der Waals surface area (Å²) < 4.78 is 13.6. The summed E-state index contributed by atoms with van der Waals surface area (Å²) in [6, 6.07) is 8.14. The van der Waals surface area contributed by atoms with Crippen LogP contribution in [0.1, 0.15) is 30.4 Å². The van der Waals surface area contributed by atoms with E-state index in [1.165, 1.54) is 18.2 Å². The van der Waals surface area contributed by atoms with Gasteiger partial charge in [-0.25, -0.2) is 4.39 Å². The Morgan fingerprint density at radius 3 is 2.62 bits per heavy atom. The van der Waals surface area contributed by atoms with Gasteiger partial charge in [0.25, 0.3) is 0 Å². The Balaban J connectivity index is 3.19. The first-order valence-corrected chi connectivity index (χ1v) is 5.36. The molecule has 82 valence electrons. The van der Waals surface area contributed by atoms with Crippen molar-refractivity contribution in [2.24, 2.45) is 0 Å². The van der Waals surface area contributed by atoms with Gasteiger partial charge >= 0.3 is 0 Å². The minimum atomic E-state index is -0.389. The van der Waals surface area contributed by atoms with Gasteiger partial charge in [-0.1, -0.05) is 6.92 Å². The zero-order valence-corrected chi connectivity index (χ0v) is 9.71. The monoisotopic (exact) mass is 234 g/mol. The highest BCUT2D eigenvalue weighted by Gasteiger charge is 2.20. The fourth-order valence-electron chi connectivity index (χ4n) is 1.54. The minimum absolute atomic E-state index is 0.136. The van der Waals surface area contributed by atoms with Gasteiger partial charge in [-0.3, -0.25) is 0 Å². The van der Waals surface area contributed by atoms with Gasteiger partial charge in [0.1, 0.15) is 5.82 Å². The van der Waals surface area contributed by atoms with Gasteiger partial charge in [-0.2, -0.15) is 23.2 Å². The number of nitriles is 2. The molecule has 0 N–H and O–H groups in total. The van der Waals surface area contributed by atoms with E-state index in [1.807, 2.05) is 19.1 Å². The summed E-state index contributed by atoms with van der Waals surface area (Å²) in [6.07, 6.45) is 0.191. The second-order valence-corrected chi connectivity index (χ2v) is 4.37. The number of halogens is 1. The Hall–Kier alpha value is -1.52. The Morgan fingerprint density at radius 1 is 1.44 bits per heavy atom. The van der Waals surface area contributed by atoms with Crippen molar-refractivity contribution in [1.82, 2.24) is 0 Å². The lowest BCUT2D eigenvalue weighted by atomic mass is 9.92. The molecule has 2 atom stereocenters. The van der Waals surface area contributed by atoms with E-state index in [4.69, 9.17) is 10.5 Å². The molecule has 0 bridgehead atoms. The first-order chi connectivity index (χ1) is 7.60. The molecule has 0 fully saturated rings. The number of thiol groups is 1. The molecule has 1 aromatic carbocycles. The van der Waals surface area contributed by atoms with Crippen LogP contribution in [0.2, 0.25) is 0 Å². The quantitative estimate of drug-likeness (QED) is 0.817. The molecular weight excluding hydrogens is 223 g/mol. The summed E-state index contributed by atoms with van der Waals surface area (Å²) in [7, 11) is 0. The molecule has 2 nitrogen and oxygen atoms in total. The molecule has 0 aromatic heterocycles. The summed E-state index contributed by atoms with van der Waals surface area (Å²) in [5.74, 6) is -0.679. The molecule has 16 heavy (non-hydrogen) atoms. The molecule has 0 saturated carbocycles. The van der Waals surface area contributed by atoms with E-state index in [0.717, 1.165) is 0 Å². The zero-order chi connectivity index (χ0) is 12.1. The van der Waals surface area contributed by atoms with E-state index in [-0.39, 0.29) is 23.4 Å². The lowest BCUT2D eigenvalue weighted by Crippen LogP contribution is -2.11. The van der Waals surface area contributed by atoms with Gasteiger partial charge in [-0.15, -0.1) is 0 Å². The molecule has 0 saturated heterocycles. The number of nitrogens with zero attached hydrogens (tertiary/aromatic N) is 2. The average Bonchev–Trinajstić information content (AvgIpc) is 2.27. The third-order valence-electron chi connectivity index (χ3n) is 2.42. The number of benzene rings is 1. The van der Waals surface area contributed by atoms with Gasteiger partial charge in [0.2, 0.25) is 0 Å². The maximum Gasteiger partial charge on any atom is 0.126 e. The first kappa shape index (κ1) is 12.5. The molecular formula is C12H11FN2S. The second-order valence-electron chi connectivity index (χ2n) is 3.56. The number of hydrogen-bond acceptors (Lipinski definition) is 3. The largest absolute Gasteiger partial charge is 0.207 e. The minimum Gasteiger partial charge on any atom is -0.207 e. The van der Waals surface area contributed by atoms with E-state index in [9.17, 15) is 4.39 Å². The smallest absolute Gasteiger partial charge is 0.126 e. The summed E-state index contributed by atoms with van der Waals surface area (Å²) in [4.78, 5) is 0. The van der Waals surface area contributed by atoms with Gasteiger partial charge in [-0.05, 0) is 23.8 Å². The van der Waals surface area contributed by atoms with Crippen LogP contribution in [0.5, 0.6) is 0 Å². The van der Waals surface area contributed by atoms with Crippen molar-refractivity contribution in [1.29, 1.82) is 10.5 Å².